The molecule has 144 valence electrons. The summed E-state index contributed by atoms with van der Waals surface area (Å²) in [5.74, 6) is -0.617. The number of nitrogens with one attached hydrogen (secondary N) is 3. The van der Waals surface area contributed by atoms with Gasteiger partial charge in [-0.3, -0.25) is 4.79 Å². The molecule has 0 saturated carbocycles. The number of rotatable bonds is 9. The maximum absolute atomic E-state index is 14.0. The number of ether oxygens (including phenoxy) is 2. The van der Waals surface area contributed by atoms with Crippen molar-refractivity contribution in [3.63, 3.8) is 0 Å². The van der Waals surface area contributed by atoms with Gasteiger partial charge in [-0.15, -0.1) is 24.8 Å². The van der Waals surface area contributed by atoms with Crippen LogP contribution in [0.1, 0.15) is 12.8 Å². The molecule has 1 heterocycles. The Balaban J connectivity index is 0.00000288. The van der Waals surface area contributed by atoms with Crippen LogP contribution in [0.4, 0.5) is 15.8 Å². The van der Waals surface area contributed by atoms with E-state index in [1.807, 2.05) is 0 Å². The Hall–Kier alpha value is -1.12. The van der Waals surface area contributed by atoms with Gasteiger partial charge in [-0.1, -0.05) is 0 Å². The predicted molar refractivity (Wildman–Crippen MR) is 102 cm³/mol. The highest BCUT2D eigenvalue weighted by atomic mass is 35.5. The molecule has 1 aromatic carbocycles. The summed E-state index contributed by atoms with van der Waals surface area (Å²) in [6.45, 7) is 2.64. The number of benzene rings is 1. The average Bonchev–Trinajstić information content (AvgIpc) is 3.04. The van der Waals surface area contributed by atoms with Gasteiger partial charge in [-0.2, -0.15) is 0 Å². The normalized spacial score (nSPS) is 15.8. The SMILES string of the molecule is COCCNCC(=O)Nc1ccc(NCC2CCCO2)c(F)c1.Cl.Cl. The molecule has 2 rings (SSSR count). The van der Waals surface area contributed by atoms with E-state index in [4.69, 9.17) is 9.47 Å². The molecule has 6 nitrogen and oxygen atoms in total. The maximum atomic E-state index is 14.0. The average molecular weight is 398 g/mol. The van der Waals surface area contributed by atoms with Crippen molar-refractivity contribution in [2.24, 2.45) is 0 Å². The largest absolute Gasteiger partial charge is 0.383 e. The van der Waals surface area contributed by atoms with Crippen LogP contribution in [0.2, 0.25) is 0 Å². The first-order valence-electron chi connectivity index (χ1n) is 7.83. The van der Waals surface area contributed by atoms with Crippen molar-refractivity contribution >= 4 is 42.1 Å². The summed E-state index contributed by atoms with van der Waals surface area (Å²) in [6, 6.07) is 4.61. The Morgan fingerprint density at radius 1 is 1.40 bits per heavy atom. The Morgan fingerprint density at radius 3 is 2.84 bits per heavy atom. The van der Waals surface area contributed by atoms with Crippen LogP contribution in [0.15, 0.2) is 18.2 Å². The van der Waals surface area contributed by atoms with Crippen molar-refractivity contribution in [3.8, 4) is 0 Å². The molecule has 1 aliphatic rings. The summed E-state index contributed by atoms with van der Waals surface area (Å²) < 4.78 is 24.4. The van der Waals surface area contributed by atoms with Gasteiger partial charge in [0.25, 0.3) is 0 Å². The first kappa shape index (κ1) is 23.9. The second kappa shape index (κ2) is 13.1. The van der Waals surface area contributed by atoms with Crippen molar-refractivity contribution < 1.29 is 18.7 Å². The van der Waals surface area contributed by atoms with Gasteiger partial charge >= 0.3 is 0 Å². The summed E-state index contributed by atoms with van der Waals surface area (Å²) >= 11 is 0. The molecular weight excluding hydrogens is 372 g/mol. The first-order valence-corrected chi connectivity index (χ1v) is 7.83. The topological polar surface area (TPSA) is 71.6 Å². The van der Waals surface area contributed by atoms with Crippen molar-refractivity contribution in [1.82, 2.24) is 5.32 Å². The summed E-state index contributed by atoms with van der Waals surface area (Å²) in [6.07, 6.45) is 2.20. The second-order valence-corrected chi connectivity index (χ2v) is 5.43. The highest BCUT2D eigenvalue weighted by Crippen LogP contribution is 2.20. The summed E-state index contributed by atoms with van der Waals surface area (Å²) in [7, 11) is 1.60. The number of hydrogen-bond donors (Lipinski definition) is 3. The summed E-state index contributed by atoms with van der Waals surface area (Å²) in [4.78, 5) is 11.7. The van der Waals surface area contributed by atoms with Crippen LogP contribution < -0.4 is 16.0 Å². The predicted octanol–water partition coefficient (Wildman–Crippen LogP) is 2.43. The third kappa shape index (κ3) is 8.69. The molecule has 1 amide bonds. The van der Waals surface area contributed by atoms with Crippen LogP contribution in [-0.2, 0) is 14.3 Å². The minimum atomic E-state index is -0.395. The number of hydrogen-bond acceptors (Lipinski definition) is 5. The Labute approximate surface area is 160 Å². The minimum Gasteiger partial charge on any atom is -0.383 e. The molecule has 1 aliphatic heterocycles. The van der Waals surface area contributed by atoms with Gasteiger partial charge in [0.15, 0.2) is 0 Å². The van der Waals surface area contributed by atoms with E-state index in [-0.39, 0.29) is 43.4 Å². The van der Waals surface area contributed by atoms with E-state index in [0.29, 0.717) is 31.1 Å². The van der Waals surface area contributed by atoms with Gasteiger partial charge in [0.1, 0.15) is 5.82 Å². The fourth-order valence-electron chi connectivity index (χ4n) is 2.35. The van der Waals surface area contributed by atoms with E-state index in [1.54, 1.807) is 19.2 Å². The van der Waals surface area contributed by atoms with Crippen molar-refractivity contribution in [2.75, 3.05) is 50.6 Å². The highest BCUT2D eigenvalue weighted by molar-refractivity contribution is 5.92. The smallest absolute Gasteiger partial charge is 0.238 e. The van der Waals surface area contributed by atoms with Gasteiger partial charge in [0, 0.05) is 32.5 Å². The number of carbonyl (C=O) groups excluding carboxylic acids is 1. The lowest BCUT2D eigenvalue weighted by Crippen LogP contribution is -2.30. The molecular formula is C16H26Cl2FN3O3. The molecule has 0 bridgehead atoms. The number of carbonyl (C=O) groups is 1. The van der Waals surface area contributed by atoms with Gasteiger partial charge in [-0.05, 0) is 31.0 Å². The zero-order valence-electron chi connectivity index (χ0n) is 14.2. The monoisotopic (exact) mass is 397 g/mol. The van der Waals surface area contributed by atoms with Crippen molar-refractivity contribution in [1.29, 1.82) is 0 Å². The van der Waals surface area contributed by atoms with Crippen LogP contribution in [0, 0.1) is 5.82 Å². The molecule has 9 heteroatoms. The molecule has 1 saturated heterocycles. The highest BCUT2D eigenvalue weighted by Gasteiger charge is 2.15. The fraction of sp³-hybridized carbons (Fsp3) is 0.562. The van der Waals surface area contributed by atoms with E-state index >= 15 is 0 Å². The quantitative estimate of drug-likeness (QED) is 0.558. The molecule has 0 radical (unpaired) electrons. The van der Waals surface area contributed by atoms with E-state index in [0.717, 1.165) is 19.4 Å². The molecule has 0 aliphatic carbocycles. The molecule has 1 unspecified atom stereocenters. The summed E-state index contributed by atoms with van der Waals surface area (Å²) in [5, 5.41) is 8.62. The van der Waals surface area contributed by atoms with Gasteiger partial charge in [0.05, 0.1) is 24.9 Å². The number of halogens is 3. The zero-order valence-corrected chi connectivity index (χ0v) is 15.8. The standard InChI is InChI=1S/C16H24FN3O3.2ClH/c1-22-8-6-18-11-16(21)20-12-4-5-15(14(17)9-12)19-10-13-3-2-7-23-13;;/h4-5,9,13,18-19H,2-3,6-8,10-11H2,1H3,(H,20,21);2*1H. The third-order valence-electron chi connectivity index (χ3n) is 3.57. The molecule has 1 aromatic rings. The first-order chi connectivity index (χ1) is 11.2. The maximum Gasteiger partial charge on any atom is 0.238 e. The van der Waals surface area contributed by atoms with Gasteiger partial charge in [-0.25, -0.2) is 4.39 Å². The third-order valence-corrected chi connectivity index (χ3v) is 3.57. The van der Waals surface area contributed by atoms with Crippen molar-refractivity contribution in [2.45, 2.75) is 18.9 Å². The minimum absolute atomic E-state index is 0. The molecule has 0 aromatic heterocycles. The number of anilines is 2. The number of amides is 1. The van der Waals surface area contributed by atoms with Gasteiger partial charge < -0.3 is 25.4 Å². The van der Waals surface area contributed by atoms with Crippen LogP contribution in [0.25, 0.3) is 0 Å². The Bertz CT molecular complexity index is 517. The van der Waals surface area contributed by atoms with E-state index < -0.39 is 5.82 Å². The van der Waals surface area contributed by atoms with Gasteiger partial charge in [0.2, 0.25) is 5.91 Å². The van der Waals surface area contributed by atoms with E-state index in [2.05, 4.69) is 16.0 Å². The lowest BCUT2D eigenvalue weighted by Gasteiger charge is -2.13. The van der Waals surface area contributed by atoms with Crippen LogP contribution in [0.5, 0.6) is 0 Å². The molecule has 0 spiro atoms. The Morgan fingerprint density at radius 2 is 2.20 bits per heavy atom. The van der Waals surface area contributed by atoms with Crippen LogP contribution in [-0.4, -0.2) is 52.0 Å². The van der Waals surface area contributed by atoms with Crippen LogP contribution in [0.3, 0.4) is 0 Å². The van der Waals surface area contributed by atoms with Crippen LogP contribution >= 0.6 is 24.8 Å². The van der Waals surface area contributed by atoms with Crippen molar-refractivity contribution in [3.05, 3.63) is 24.0 Å². The summed E-state index contributed by atoms with van der Waals surface area (Å²) in [5.41, 5.74) is 0.848. The molecule has 1 atom stereocenters. The fourth-order valence-corrected chi connectivity index (χ4v) is 2.35. The lowest BCUT2D eigenvalue weighted by molar-refractivity contribution is -0.115. The number of methoxy groups -OCH3 is 1. The molecule has 1 fully saturated rings. The molecule has 3 N–H and O–H groups in total. The Kier molecular flexibility index (Phi) is 12.5. The second-order valence-electron chi connectivity index (χ2n) is 5.43. The van der Waals surface area contributed by atoms with E-state index in [1.165, 1.54) is 6.07 Å². The zero-order chi connectivity index (χ0) is 16.5. The molecule has 25 heavy (non-hydrogen) atoms. The lowest BCUT2D eigenvalue weighted by atomic mass is 10.2. The van der Waals surface area contributed by atoms with E-state index in [9.17, 15) is 9.18 Å².